The third kappa shape index (κ3) is 1.62. The molecule has 3 aromatic heterocycles. The van der Waals surface area contributed by atoms with E-state index in [2.05, 4.69) is 74.9 Å². The van der Waals surface area contributed by atoms with Gasteiger partial charge in [-0.15, -0.1) is 0 Å². The van der Waals surface area contributed by atoms with Crippen LogP contribution in [-0.4, -0.2) is 14.4 Å². The second kappa shape index (κ2) is 4.97. The SMILES string of the molecule is Brc1ccc2nc3c(nc2c1)-c1cccc2c4cccc5c6cccc-3c6n(c12)c54. The van der Waals surface area contributed by atoms with Gasteiger partial charge in [0.2, 0.25) is 0 Å². The highest BCUT2D eigenvalue weighted by Crippen LogP contribution is 2.48. The number of halogens is 1. The molecule has 4 heteroatoms. The molecule has 4 aromatic carbocycles. The molecule has 0 atom stereocenters. The molecule has 8 rings (SSSR count). The van der Waals surface area contributed by atoms with Gasteiger partial charge in [0, 0.05) is 37.1 Å². The summed E-state index contributed by atoms with van der Waals surface area (Å²) in [6.45, 7) is 0. The Kier molecular flexibility index (Phi) is 2.54. The molecule has 0 fully saturated rings. The van der Waals surface area contributed by atoms with Crippen molar-refractivity contribution < 1.29 is 0 Å². The Balaban J connectivity index is 1.75. The maximum atomic E-state index is 5.14. The number of rotatable bonds is 0. The molecule has 0 radical (unpaired) electrons. The minimum Gasteiger partial charge on any atom is -0.307 e. The van der Waals surface area contributed by atoms with Gasteiger partial charge in [0.15, 0.2) is 0 Å². The van der Waals surface area contributed by atoms with E-state index in [1.165, 1.54) is 38.1 Å². The van der Waals surface area contributed by atoms with E-state index in [1.54, 1.807) is 0 Å². The monoisotopic (exact) mass is 445 g/mol. The van der Waals surface area contributed by atoms with Crippen molar-refractivity contribution in [3.8, 4) is 22.5 Å². The van der Waals surface area contributed by atoms with Crippen molar-refractivity contribution in [2.45, 2.75) is 0 Å². The Morgan fingerprint density at radius 1 is 0.567 bits per heavy atom. The molecule has 1 aliphatic heterocycles. The highest BCUT2D eigenvalue weighted by Gasteiger charge is 2.27. The van der Waals surface area contributed by atoms with Gasteiger partial charge < -0.3 is 4.40 Å². The zero-order valence-electron chi connectivity index (χ0n) is 15.6. The minimum atomic E-state index is 0.903. The van der Waals surface area contributed by atoms with E-state index in [0.29, 0.717) is 0 Å². The smallest absolute Gasteiger partial charge is 0.0995 e. The number of fused-ring (bicyclic) bond motifs is 6. The highest BCUT2D eigenvalue weighted by atomic mass is 79.9. The van der Waals surface area contributed by atoms with E-state index >= 15 is 0 Å². The molecule has 0 amide bonds. The van der Waals surface area contributed by atoms with E-state index in [9.17, 15) is 0 Å². The average molecular weight is 446 g/mol. The van der Waals surface area contributed by atoms with Gasteiger partial charge in [0.25, 0.3) is 0 Å². The summed E-state index contributed by atoms with van der Waals surface area (Å²) in [5, 5.41) is 5.14. The first-order valence-corrected chi connectivity index (χ1v) is 10.8. The predicted octanol–water partition coefficient (Wildman–Crippen LogP) is 7.19. The number of para-hydroxylation sites is 3. The van der Waals surface area contributed by atoms with Crippen molar-refractivity contribution in [3.63, 3.8) is 0 Å². The van der Waals surface area contributed by atoms with E-state index in [-0.39, 0.29) is 0 Å². The lowest BCUT2D eigenvalue weighted by Gasteiger charge is -2.10. The Bertz CT molecular complexity index is 1860. The van der Waals surface area contributed by atoms with Crippen molar-refractivity contribution >= 4 is 65.1 Å². The van der Waals surface area contributed by atoms with E-state index < -0.39 is 0 Å². The summed E-state index contributed by atoms with van der Waals surface area (Å²) in [7, 11) is 0. The summed E-state index contributed by atoms with van der Waals surface area (Å²) < 4.78 is 3.46. The van der Waals surface area contributed by atoms with Gasteiger partial charge in [-0.1, -0.05) is 70.5 Å². The van der Waals surface area contributed by atoms with Crippen LogP contribution in [0.4, 0.5) is 0 Å². The largest absolute Gasteiger partial charge is 0.307 e. The van der Waals surface area contributed by atoms with Crippen LogP contribution in [0.1, 0.15) is 0 Å². The van der Waals surface area contributed by atoms with Crippen molar-refractivity contribution in [1.29, 1.82) is 0 Å². The highest BCUT2D eigenvalue weighted by molar-refractivity contribution is 9.10. The zero-order valence-corrected chi connectivity index (χ0v) is 17.2. The molecule has 0 bridgehead atoms. The molecule has 7 aromatic rings. The fraction of sp³-hybridized carbons (Fsp3) is 0. The molecule has 30 heavy (non-hydrogen) atoms. The second-order valence-electron chi connectivity index (χ2n) is 7.99. The summed E-state index contributed by atoms with van der Waals surface area (Å²) in [4.78, 5) is 10.3. The van der Waals surface area contributed by atoms with Crippen LogP contribution in [0, 0.1) is 0 Å². The van der Waals surface area contributed by atoms with Crippen LogP contribution >= 0.6 is 15.9 Å². The molecule has 138 valence electrons. The van der Waals surface area contributed by atoms with Gasteiger partial charge in [-0.2, -0.15) is 0 Å². The Morgan fingerprint density at radius 2 is 1.10 bits per heavy atom. The lowest BCUT2D eigenvalue weighted by Crippen LogP contribution is -1.95. The molecule has 0 aliphatic carbocycles. The molecule has 0 unspecified atom stereocenters. The van der Waals surface area contributed by atoms with Crippen LogP contribution in [0.25, 0.3) is 71.6 Å². The van der Waals surface area contributed by atoms with Crippen molar-refractivity contribution in [3.05, 3.63) is 77.3 Å². The fourth-order valence-electron chi connectivity index (χ4n) is 5.34. The Morgan fingerprint density at radius 3 is 1.73 bits per heavy atom. The molecule has 3 nitrogen and oxygen atoms in total. The standard InChI is InChI=1S/C26H12BrN3/c27-13-10-11-20-21(12-13)29-23-19-9-3-7-17-15-5-1-4-14-16-6-2-8-18(22(23)28-20)25(16)30(24(14)15)26(17)19/h1-12H. The molecular formula is C26H12BrN3. The Labute approximate surface area is 179 Å². The normalized spacial score (nSPS) is 12.8. The first-order chi connectivity index (χ1) is 14.8. The molecule has 4 heterocycles. The lowest BCUT2D eigenvalue weighted by molar-refractivity contribution is 1.30. The van der Waals surface area contributed by atoms with Gasteiger partial charge >= 0.3 is 0 Å². The van der Waals surface area contributed by atoms with E-state index in [0.717, 1.165) is 38.0 Å². The quantitative estimate of drug-likeness (QED) is 0.247. The summed E-state index contributed by atoms with van der Waals surface area (Å²) in [5.74, 6) is 0. The van der Waals surface area contributed by atoms with Gasteiger partial charge in [0.05, 0.1) is 39.0 Å². The summed E-state index contributed by atoms with van der Waals surface area (Å²) in [5.41, 5.74) is 9.77. The molecular weight excluding hydrogens is 434 g/mol. The minimum absolute atomic E-state index is 0.903. The van der Waals surface area contributed by atoms with E-state index in [1.807, 2.05) is 18.2 Å². The average Bonchev–Trinajstić information content (AvgIpc) is 3.26. The summed E-state index contributed by atoms with van der Waals surface area (Å²) in [6.07, 6.45) is 0. The molecule has 0 saturated carbocycles. The Hall–Kier alpha value is -3.50. The summed E-state index contributed by atoms with van der Waals surface area (Å²) in [6, 6.07) is 25.9. The number of hydrogen-bond acceptors (Lipinski definition) is 2. The first-order valence-electron chi connectivity index (χ1n) is 9.97. The maximum Gasteiger partial charge on any atom is 0.0995 e. The number of nitrogens with zero attached hydrogens (tertiary/aromatic N) is 3. The predicted molar refractivity (Wildman–Crippen MR) is 126 cm³/mol. The van der Waals surface area contributed by atoms with Crippen LogP contribution in [-0.2, 0) is 0 Å². The van der Waals surface area contributed by atoms with Gasteiger partial charge in [-0.3, -0.25) is 0 Å². The number of benzene rings is 4. The third-order valence-electron chi connectivity index (χ3n) is 6.50. The van der Waals surface area contributed by atoms with Gasteiger partial charge in [-0.05, 0) is 18.2 Å². The summed E-state index contributed by atoms with van der Waals surface area (Å²) >= 11 is 3.58. The molecule has 0 saturated heterocycles. The van der Waals surface area contributed by atoms with Crippen LogP contribution < -0.4 is 0 Å². The zero-order chi connectivity index (χ0) is 19.6. The number of aromatic nitrogens is 3. The third-order valence-corrected chi connectivity index (χ3v) is 6.99. The van der Waals surface area contributed by atoms with Gasteiger partial charge in [0.1, 0.15) is 0 Å². The fourth-order valence-corrected chi connectivity index (χ4v) is 5.69. The van der Waals surface area contributed by atoms with Crippen LogP contribution in [0.5, 0.6) is 0 Å². The lowest BCUT2D eigenvalue weighted by atomic mass is 10.0. The van der Waals surface area contributed by atoms with Crippen molar-refractivity contribution in [1.82, 2.24) is 14.4 Å². The molecule has 0 N–H and O–H groups in total. The van der Waals surface area contributed by atoms with Crippen LogP contribution in [0.3, 0.4) is 0 Å². The molecule has 1 aliphatic rings. The second-order valence-corrected chi connectivity index (χ2v) is 8.91. The van der Waals surface area contributed by atoms with Gasteiger partial charge in [-0.25, -0.2) is 9.97 Å². The van der Waals surface area contributed by atoms with Crippen LogP contribution in [0.15, 0.2) is 77.3 Å². The van der Waals surface area contributed by atoms with E-state index in [4.69, 9.17) is 9.97 Å². The first kappa shape index (κ1) is 15.4. The topological polar surface area (TPSA) is 30.2 Å². The maximum absolute atomic E-state index is 5.14. The van der Waals surface area contributed by atoms with Crippen molar-refractivity contribution in [2.75, 3.05) is 0 Å². The van der Waals surface area contributed by atoms with Crippen molar-refractivity contribution in [2.24, 2.45) is 0 Å². The van der Waals surface area contributed by atoms with Crippen LogP contribution in [0.2, 0.25) is 0 Å². The molecule has 0 spiro atoms. The number of hydrogen-bond donors (Lipinski definition) is 0.